The van der Waals surface area contributed by atoms with Crippen molar-refractivity contribution in [2.45, 2.75) is 157 Å². The third kappa shape index (κ3) is 22.6. The normalized spacial score (nSPS) is 14.9. The van der Waals surface area contributed by atoms with Crippen LogP contribution in [0.25, 0.3) is 162 Å². The Bertz CT molecular complexity index is 7480. The molecule has 2 atom stereocenters. The van der Waals surface area contributed by atoms with Gasteiger partial charge in [-0.05, 0) is 307 Å². The molecule has 18 rings (SSSR count). The van der Waals surface area contributed by atoms with Gasteiger partial charge in [-0.1, -0.05) is 406 Å². The van der Waals surface area contributed by atoms with E-state index in [-0.39, 0.29) is 27.6 Å². The molecule has 0 radical (unpaired) electrons. The van der Waals surface area contributed by atoms with E-state index in [4.69, 9.17) is 36.5 Å². The molecule has 0 fully saturated rings. The quantitative estimate of drug-likeness (QED) is 0.0503. The zero-order valence-electron chi connectivity index (χ0n) is 83.3. The number of pyridine rings is 4. The first kappa shape index (κ1) is 95.1. The van der Waals surface area contributed by atoms with Gasteiger partial charge in [0, 0.05) is 58.7 Å². The Morgan fingerprint density at radius 3 is 1.21 bits per heavy atom. The predicted octanol–water partition coefficient (Wildman–Crippen LogP) is 36.2. The van der Waals surface area contributed by atoms with E-state index in [0.29, 0.717) is 12.3 Å². The highest BCUT2D eigenvalue weighted by Gasteiger charge is 2.25. The van der Waals surface area contributed by atoms with Gasteiger partial charge in [-0.2, -0.15) is 0 Å². The van der Waals surface area contributed by atoms with E-state index in [0.717, 1.165) is 217 Å². The van der Waals surface area contributed by atoms with Crippen LogP contribution in [0.15, 0.2) is 432 Å². The average Bonchev–Trinajstić information content (AvgIpc) is 0.770. The second-order valence-corrected chi connectivity index (χ2v) is 41.7. The first-order valence-corrected chi connectivity index (χ1v) is 49.8. The van der Waals surface area contributed by atoms with Crippen LogP contribution < -0.4 is 0 Å². The molecule has 2 aliphatic carbocycles. The Balaban J connectivity index is 0.588. The largest absolute Gasteiger partial charge is 0.261 e. The maximum absolute atomic E-state index is 4.92. The third-order valence-corrected chi connectivity index (χ3v) is 27.8. The Morgan fingerprint density at radius 1 is 0.364 bits per heavy atom. The van der Waals surface area contributed by atoms with Gasteiger partial charge in [-0.25, -0.2) is 9.97 Å². The summed E-state index contributed by atoms with van der Waals surface area (Å²) < 4.78 is 0. The maximum atomic E-state index is 4.92. The molecule has 5 heterocycles. The molecule has 692 valence electrons. The van der Waals surface area contributed by atoms with E-state index < -0.39 is 0 Å². The molecule has 0 spiro atoms. The molecule has 0 N–H and O–H groups in total. The van der Waals surface area contributed by atoms with E-state index in [1.165, 1.54) is 33.4 Å². The van der Waals surface area contributed by atoms with Crippen molar-refractivity contribution in [3.8, 4) is 145 Å². The minimum atomic E-state index is 0.00464. The molecule has 0 saturated heterocycles. The van der Waals surface area contributed by atoms with Gasteiger partial charge in [-0.15, -0.1) is 0 Å². The van der Waals surface area contributed by atoms with Crippen LogP contribution in [0.5, 0.6) is 0 Å². The van der Waals surface area contributed by atoms with Crippen LogP contribution in [0, 0.1) is 11.3 Å². The molecule has 2 aliphatic rings. The van der Waals surface area contributed by atoms with Gasteiger partial charge in [0.2, 0.25) is 0 Å². The summed E-state index contributed by atoms with van der Waals surface area (Å²) in [5.74, 6) is 0.480. The standard InChI is InChI=1S/C134H126N6/c1-15-134(13,14)89-94-69-73-135-125(78-94)102-61-53-96(54-62-102)117-43-23-28-48-122(117)109-82-110(123-49-29-24-44-118(123)98-57-65-104(66-58-98)128-87-114(72-76-138-128)133(10,11)12)84-111(83-109)124-50-30-25-45-119(124)99-59-67-105(68-60-99)130-88-129(139-90-140-130)101-36-20-19-35-93(51-52-101)77-91(2)33-17-16-18-34-92(3)106-79-107(120-46-26-21-41-115(120)95-37-31-39-100(40-32-38-95)126-85-112(70-74-136-126)131(4,5)6)81-108(80-106)121-47-27-22-42-116(121)97-55-63-103(64-56-97)127-86-113(71-75-137-127)132(7,8)9/h16-18,20-33,36-39,41-76,78-88,90-91,100H,3,15,19,34-35,40,77,89H2,1-2,4-14H3/b18-16-,33-17-,36-20-,38-32?,39-31?,93-51+,95-37?,101-52+. The Kier molecular flexibility index (Phi) is 28.5. The number of hydrogen-bond acceptors (Lipinski definition) is 6. The van der Waals surface area contributed by atoms with Crippen LogP contribution in [-0.2, 0) is 22.7 Å². The maximum Gasteiger partial charge on any atom is 0.116 e. The predicted molar refractivity (Wildman–Crippen MR) is 594 cm³/mol. The fourth-order valence-corrected chi connectivity index (χ4v) is 19.2. The summed E-state index contributed by atoms with van der Waals surface area (Å²) >= 11 is 0. The highest BCUT2D eigenvalue weighted by atomic mass is 14.8. The second kappa shape index (κ2) is 42.0. The van der Waals surface area contributed by atoms with Crippen molar-refractivity contribution in [1.82, 2.24) is 29.9 Å². The number of rotatable bonds is 26. The van der Waals surface area contributed by atoms with Crippen molar-refractivity contribution in [1.29, 1.82) is 0 Å². The topological polar surface area (TPSA) is 77.3 Å². The fraction of sp³-hybridized carbons (Fsp3) is 0.194. The zero-order chi connectivity index (χ0) is 97.1. The van der Waals surface area contributed by atoms with Gasteiger partial charge < -0.3 is 0 Å². The third-order valence-electron chi connectivity index (χ3n) is 27.8. The highest BCUT2D eigenvalue weighted by Crippen LogP contribution is 2.47. The summed E-state index contributed by atoms with van der Waals surface area (Å²) in [6, 6.07) is 114. The molecule has 6 heteroatoms. The van der Waals surface area contributed by atoms with Crippen molar-refractivity contribution in [3.05, 3.63) is 476 Å². The van der Waals surface area contributed by atoms with Gasteiger partial charge in [0.05, 0.1) is 28.5 Å². The van der Waals surface area contributed by atoms with E-state index in [2.05, 4.69) is 478 Å². The van der Waals surface area contributed by atoms with Gasteiger partial charge in [0.25, 0.3) is 0 Å². The molecule has 0 saturated carbocycles. The van der Waals surface area contributed by atoms with Crippen LogP contribution >= 0.6 is 0 Å². The molecular weight excluding hydrogens is 1690 g/mol. The fourth-order valence-electron chi connectivity index (χ4n) is 19.2. The monoisotopic (exact) mass is 1820 g/mol. The lowest BCUT2D eigenvalue weighted by atomic mass is 9.83. The van der Waals surface area contributed by atoms with Crippen LogP contribution in [0.2, 0.25) is 0 Å². The smallest absolute Gasteiger partial charge is 0.116 e. The molecule has 0 amide bonds. The van der Waals surface area contributed by atoms with Gasteiger partial charge in [0.15, 0.2) is 0 Å². The van der Waals surface area contributed by atoms with Gasteiger partial charge in [0.1, 0.15) is 6.33 Å². The molecule has 140 heavy (non-hydrogen) atoms. The van der Waals surface area contributed by atoms with Crippen LogP contribution in [0.3, 0.4) is 0 Å². The number of nitrogens with zero attached hydrogens (tertiary/aromatic N) is 6. The lowest BCUT2D eigenvalue weighted by Crippen LogP contribution is -2.13. The van der Waals surface area contributed by atoms with Crippen molar-refractivity contribution in [3.63, 3.8) is 0 Å². The average molecular weight is 1820 g/mol. The summed E-state index contributed by atoms with van der Waals surface area (Å²) in [5.41, 5.74) is 42.9. The first-order chi connectivity index (χ1) is 67.8. The molecule has 0 aliphatic heterocycles. The van der Waals surface area contributed by atoms with Crippen molar-refractivity contribution < 1.29 is 0 Å². The number of benzene rings is 11. The summed E-state index contributed by atoms with van der Waals surface area (Å²) in [4.78, 5) is 29.2. The molecule has 2 unspecified atom stereocenters. The molecular formula is C134H126N6. The summed E-state index contributed by atoms with van der Waals surface area (Å²) in [5, 5.41) is 0. The van der Waals surface area contributed by atoms with Crippen LogP contribution in [0.4, 0.5) is 0 Å². The van der Waals surface area contributed by atoms with Crippen molar-refractivity contribution >= 4 is 16.7 Å². The SMILES string of the molecule is C=C(C/C=C\C=C/C(C)C/C1=C/C=C(c2cc(-c3ccc(-c4ccccc4-c4cc(-c5ccccc5-c5ccc(-c6cc(CC(C)(C)CC)ccn6)cc5)cc(-c5ccccc5-c5ccc(-c6cc(C(C)(C)C)ccn6)cc5)c4)cc3)ncn2)\C=C/CC1)c1cc(-c2ccccc2C2=CC=CC(c3cc(C(C)(C)C)ccn3)CC=C2)cc(-c2ccccc2-c2ccc(-c3cc(C(C)(C)C)ccn3)cc2)c1. The lowest BCUT2D eigenvalue weighted by Gasteiger charge is -2.22. The van der Waals surface area contributed by atoms with Crippen LogP contribution in [0.1, 0.15) is 179 Å². The Hall–Kier alpha value is -15.2. The van der Waals surface area contributed by atoms with E-state index in [1.54, 1.807) is 6.33 Å². The zero-order valence-corrected chi connectivity index (χ0v) is 83.3. The number of allylic oxidation sites excluding steroid dienone is 17. The van der Waals surface area contributed by atoms with Crippen molar-refractivity contribution in [2.24, 2.45) is 11.3 Å². The second-order valence-electron chi connectivity index (χ2n) is 41.7. The van der Waals surface area contributed by atoms with Gasteiger partial charge in [-0.3, -0.25) is 19.9 Å². The summed E-state index contributed by atoms with van der Waals surface area (Å²) in [7, 11) is 0. The van der Waals surface area contributed by atoms with E-state index in [1.807, 2.05) is 24.8 Å². The lowest BCUT2D eigenvalue weighted by molar-refractivity contribution is 0.349. The highest BCUT2D eigenvalue weighted by molar-refractivity contribution is 5.97. The molecule has 0 bridgehead atoms. The minimum absolute atomic E-state index is 0.00464. The molecule has 6 nitrogen and oxygen atoms in total. The molecule has 5 aromatic heterocycles. The molecule has 16 aromatic rings. The Labute approximate surface area is 830 Å². The number of hydrogen-bond donors (Lipinski definition) is 0. The number of aromatic nitrogens is 6. The molecule has 11 aromatic carbocycles. The Morgan fingerprint density at radius 2 is 0.750 bits per heavy atom. The first-order valence-electron chi connectivity index (χ1n) is 49.8. The van der Waals surface area contributed by atoms with Gasteiger partial charge >= 0.3 is 0 Å². The van der Waals surface area contributed by atoms with E-state index >= 15 is 0 Å². The summed E-state index contributed by atoms with van der Waals surface area (Å²) in [6.45, 7) is 34.4. The minimum Gasteiger partial charge on any atom is -0.261 e. The van der Waals surface area contributed by atoms with Crippen LogP contribution in [-0.4, -0.2) is 29.9 Å². The van der Waals surface area contributed by atoms with Crippen molar-refractivity contribution in [2.75, 3.05) is 0 Å². The van der Waals surface area contributed by atoms with E-state index in [9.17, 15) is 0 Å². The summed E-state index contributed by atoms with van der Waals surface area (Å²) in [6.07, 6.45) is 45.5.